The van der Waals surface area contributed by atoms with E-state index in [0.29, 0.717) is 32.9 Å². The SMILES string of the molecule is COc1ccc(C(=O)c2c(C(=O)O)n(-c3cccc(Cl)c3)c3ccccc23)cc1. The van der Waals surface area contributed by atoms with Gasteiger partial charge in [-0.15, -0.1) is 0 Å². The molecule has 0 aliphatic heterocycles. The minimum Gasteiger partial charge on any atom is -0.497 e. The molecule has 0 unspecified atom stereocenters. The number of carboxylic acid groups (broad SMARTS) is 1. The third-order valence-corrected chi connectivity index (χ3v) is 4.96. The molecule has 29 heavy (non-hydrogen) atoms. The first-order valence-corrected chi connectivity index (χ1v) is 9.20. The molecule has 0 saturated carbocycles. The molecule has 0 amide bonds. The number of halogens is 1. The summed E-state index contributed by atoms with van der Waals surface area (Å²) in [6.07, 6.45) is 0. The standard InChI is InChI=1S/C23H16ClNO4/c1-29-17-11-9-14(10-12-17)22(26)20-18-7-2-3-8-19(18)25(21(20)23(27)28)16-6-4-5-15(24)13-16/h2-13H,1H3,(H,27,28). The first-order chi connectivity index (χ1) is 14.0. The number of ketones is 1. The maximum atomic E-state index is 13.4. The molecule has 0 spiro atoms. The number of carbonyl (C=O) groups excluding carboxylic acids is 1. The van der Waals surface area contributed by atoms with Gasteiger partial charge in [0.1, 0.15) is 11.4 Å². The Morgan fingerprint density at radius 1 is 0.966 bits per heavy atom. The molecule has 3 aromatic carbocycles. The van der Waals surface area contributed by atoms with Gasteiger partial charge in [0.2, 0.25) is 0 Å². The van der Waals surface area contributed by atoms with Crippen LogP contribution in [0.4, 0.5) is 0 Å². The second kappa shape index (κ2) is 7.45. The Kier molecular flexibility index (Phi) is 4.82. The fraction of sp³-hybridized carbons (Fsp3) is 0.0435. The maximum absolute atomic E-state index is 13.4. The highest BCUT2D eigenvalue weighted by Gasteiger charge is 2.28. The summed E-state index contributed by atoms with van der Waals surface area (Å²) in [5.41, 5.74) is 1.60. The first-order valence-electron chi connectivity index (χ1n) is 8.82. The smallest absolute Gasteiger partial charge is 0.353 e. The number of aromatic carboxylic acids is 1. The van der Waals surface area contributed by atoms with Crippen molar-refractivity contribution in [2.45, 2.75) is 0 Å². The van der Waals surface area contributed by atoms with Gasteiger partial charge in [-0.1, -0.05) is 35.9 Å². The van der Waals surface area contributed by atoms with E-state index in [9.17, 15) is 14.7 Å². The van der Waals surface area contributed by atoms with E-state index in [1.807, 2.05) is 0 Å². The van der Waals surface area contributed by atoms with Crippen LogP contribution < -0.4 is 4.74 Å². The highest BCUT2D eigenvalue weighted by Crippen LogP contribution is 2.32. The fourth-order valence-corrected chi connectivity index (χ4v) is 3.63. The van der Waals surface area contributed by atoms with Crippen LogP contribution >= 0.6 is 11.6 Å². The summed E-state index contributed by atoms with van der Waals surface area (Å²) < 4.78 is 6.69. The summed E-state index contributed by atoms with van der Waals surface area (Å²) in [5.74, 6) is -0.957. The van der Waals surface area contributed by atoms with Crippen molar-refractivity contribution in [3.05, 3.63) is 94.6 Å². The van der Waals surface area contributed by atoms with Gasteiger partial charge in [-0.25, -0.2) is 4.79 Å². The number of carboxylic acids is 1. The number of fused-ring (bicyclic) bond motifs is 1. The van der Waals surface area contributed by atoms with E-state index in [-0.39, 0.29) is 17.0 Å². The topological polar surface area (TPSA) is 68.5 Å². The van der Waals surface area contributed by atoms with Crippen LogP contribution in [-0.2, 0) is 0 Å². The van der Waals surface area contributed by atoms with Gasteiger partial charge in [0.25, 0.3) is 0 Å². The molecule has 1 aromatic heterocycles. The molecule has 5 nitrogen and oxygen atoms in total. The molecule has 0 atom stereocenters. The van der Waals surface area contributed by atoms with Gasteiger partial charge in [0.15, 0.2) is 5.78 Å². The van der Waals surface area contributed by atoms with Crippen LogP contribution in [0.3, 0.4) is 0 Å². The van der Waals surface area contributed by atoms with Gasteiger partial charge >= 0.3 is 5.97 Å². The maximum Gasteiger partial charge on any atom is 0.353 e. The average molecular weight is 406 g/mol. The van der Waals surface area contributed by atoms with E-state index in [4.69, 9.17) is 16.3 Å². The summed E-state index contributed by atoms with van der Waals surface area (Å²) in [5, 5.41) is 11.1. The summed E-state index contributed by atoms with van der Waals surface area (Å²) in [7, 11) is 1.54. The van der Waals surface area contributed by atoms with Crippen molar-refractivity contribution in [1.82, 2.24) is 4.57 Å². The zero-order valence-electron chi connectivity index (χ0n) is 15.4. The third-order valence-electron chi connectivity index (χ3n) is 4.72. The highest BCUT2D eigenvalue weighted by molar-refractivity contribution is 6.30. The fourth-order valence-electron chi connectivity index (χ4n) is 3.44. The van der Waals surface area contributed by atoms with Crippen LogP contribution in [0.5, 0.6) is 5.75 Å². The minimum absolute atomic E-state index is 0.103. The second-order valence-electron chi connectivity index (χ2n) is 6.42. The lowest BCUT2D eigenvalue weighted by Gasteiger charge is -2.09. The van der Waals surface area contributed by atoms with Gasteiger partial charge in [0, 0.05) is 21.7 Å². The summed E-state index contributed by atoms with van der Waals surface area (Å²) in [4.78, 5) is 25.6. The van der Waals surface area contributed by atoms with Gasteiger partial charge in [-0.2, -0.15) is 0 Å². The minimum atomic E-state index is -1.20. The normalized spacial score (nSPS) is 10.8. The molecule has 1 heterocycles. The highest BCUT2D eigenvalue weighted by atomic mass is 35.5. The van der Waals surface area contributed by atoms with Crippen LogP contribution in [0.2, 0.25) is 5.02 Å². The number of aromatic nitrogens is 1. The molecular weight excluding hydrogens is 390 g/mol. The number of para-hydroxylation sites is 1. The number of methoxy groups -OCH3 is 1. The molecular formula is C23H16ClNO4. The van der Waals surface area contributed by atoms with Crippen LogP contribution in [-0.4, -0.2) is 28.5 Å². The third kappa shape index (κ3) is 3.26. The van der Waals surface area contributed by atoms with E-state index in [1.165, 1.54) is 7.11 Å². The lowest BCUT2D eigenvalue weighted by Crippen LogP contribution is -2.13. The number of hydrogen-bond acceptors (Lipinski definition) is 3. The van der Waals surface area contributed by atoms with Crippen molar-refractivity contribution in [3.8, 4) is 11.4 Å². The molecule has 0 saturated heterocycles. The zero-order valence-corrected chi connectivity index (χ0v) is 16.2. The number of rotatable bonds is 5. The Hall–Kier alpha value is -3.57. The molecule has 0 radical (unpaired) electrons. The molecule has 4 aromatic rings. The summed E-state index contributed by atoms with van der Waals surface area (Å²) >= 11 is 6.13. The molecule has 0 aliphatic carbocycles. The molecule has 0 bridgehead atoms. The van der Waals surface area contributed by atoms with Crippen molar-refractivity contribution >= 4 is 34.3 Å². The molecule has 144 valence electrons. The molecule has 4 rings (SSSR count). The summed E-state index contributed by atoms with van der Waals surface area (Å²) in [6.45, 7) is 0. The zero-order chi connectivity index (χ0) is 20.5. The van der Waals surface area contributed by atoms with E-state index in [2.05, 4.69) is 0 Å². The lowest BCUT2D eigenvalue weighted by molar-refractivity contribution is 0.0684. The van der Waals surface area contributed by atoms with Gasteiger partial charge in [-0.3, -0.25) is 4.79 Å². The largest absolute Gasteiger partial charge is 0.497 e. The number of hydrogen-bond donors (Lipinski definition) is 1. The number of carbonyl (C=O) groups is 2. The molecule has 6 heteroatoms. The molecule has 0 aliphatic rings. The van der Waals surface area contributed by atoms with Crippen molar-refractivity contribution < 1.29 is 19.4 Å². The first kappa shape index (κ1) is 18.8. The lowest BCUT2D eigenvalue weighted by atomic mass is 10.00. The van der Waals surface area contributed by atoms with E-state index < -0.39 is 5.97 Å². The van der Waals surface area contributed by atoms with Crippen LogP contribution in [0, 0.1) is 0 Å². The quantitative estimate of drug-likeness (QED) is 0.462. The van der Waals surface area contributed by atoms with Gasteiger partial charge in [0.05, 0.1) is 18.2 Å². The Balaban J connectivity index is 2.02. The van der Waals surface area contributed by atoms with Crippen LogP contribution in [0.1, 0.15) is 26.4 Å². The predicted octanol–water partition coefficient (Wildman–Crippen LogP) is 5.22. The predicted molar refractivity (Wildman–Crippen MR) is 112 cm³/mol. The van der Waals surface area contributed by atoms with Crippen molar-refractivity contribution in [1.29, 1.82) is 0 Å². The monoisotopic (exact) mass is 405 g/mol. The van der Waals surface area contributed by atoms with E-state index in [0.717, 1.165) is 0 Å². The van der Waals surface area contributed by atoms with Crippen LogP contribution in [0.15, 0.2) is 72.8 Å². The van der Waals surface area contributed by atoms with Gasteiger partial charge < -0.3 is 14.4 Å². The van der Waals surface area contributed by atoms with Crippen LogP contribution in [0.25, 0.3) is 16.6 Å². The molecule has 1 N–H and O–H groups in total. The Labute approximate surface area is 171 Å². The number of nitrogens with zero attached hydrogens (tertiary/aromatic N) is 1. The number of benzene rings is 3. The summed E-state index contributed by atoms with van der Waals surface area (Å²) in [6, 6.07) is 20.6. The number of ether oxygens (including phenoxy) is 1. The van der Waals surface area contributed by atoms with Crippen molar-refractivity contribution in [2.24, 2.45) is 0 Å². The van der Waals surface area contributed by atoms with Crippen molar-refractivity contribution in [2.75, 3.05) is 7.11 Å². The average Bonchev–Trinajstić information content (AvgIpc) is 3.09. The Morgan fingerprint density at radius 2 is 1.69 bits per heavy atom. The van der Waals surface area contributed by atoms with E-state index >= 15 is 0 Å². The molecule has 0 fully saturated rings. The Morgan fingerprint density at radius 3 is 2.34 bits per heavy atom. The van der Waals surface area contributed by atoms with Crippen molar-refractivity contribution in [3.63, 3.8) is 0 Å². The Bertz CT molecular complexity index is 1240. The second-order valence-corrected chi connectivity index (χ2v) is 6.86. The van der Waals surface area contributed by atoms with E-state index in [1.54, 1.807) is 77.4 Å². The van der Waals surface area contributed by atoms with Gasteiger partial charge in [-0.05, 0) is 48.5 Å².